The van der Waals surface area contributed by atoms with Gasteiger partial charge in [-0.2, -0.15) is 11.1 Å². The summed E-state index contributed by atoms with van der Waals surface area (Å²) in [5, 5.41) is 0. The standard InChI is InChI=1S/C11H16Cl2Si/c1-14(13,9-5-8-12)10-11-6-3-2-4-7-11/h2-4,6-7H,5,8-10H2,1H3. The molecule has 1 atom stereocenters. The maximum atomic E-state index is 6.53. The fraction of sp³-hybridized carbons (Fsp3) is 0.455. The minimum Gasteiger partial charge on any atom is -0.167 e. The minimum absolute atomic E-state index is 0.726. The van der Waals surface area contributed by atoms with Gasteiger partial charge in [-0.05, 0) is 24.1 Å². The summed E-state index contributed by atoms with van der Waals surface area (Å²) in [4.78, 5) is 0. The van der Waals surface area contributed by atoms with Crippen molar-refractivity contribution in [3.63, 3.8) is 0 Å². The lowest BCUT2D eigenvalue weighted by Crippen LogP contribution is -2.26. The lowest BCUT2D eigenvalue weighted by atomic mass is 10.2. The molecule has 1 aromatic rings. The number of alkyl halides is 1. The minimum atomic E-state index is -1.58. The molecular formula is C11H16Cl2Si. The molecule has 0 saturated heterocycles. The third kappa shape index (κ3) is 4.49. The van der Waals surface area contributed by atoms with Gasteiger partial charge in [0, 0.05) is 5.88 Å². The predicted molar refractivity (Wildman–Crippen MR) is 67.8 cm³/mol. The molecule has 0 aromatic heterocycles. The van der Waals surface area contributed by atoms with E-state index >= 15 is 0 Å². The molecule has 0 bridgehead atoms. The van der Waals surface area contributed by atoms with Gasteiger partial charge in [-0.25, -0.2) is 0 Å². The van der Waals surface area contributed by atoms with Crippen molar-refractivity contribution in [1.82, 2.24) is 0 Å². The molecule has 0 spiro atoms. The number of hydrogen-bond acceptors (Lipinski definition) is 0. The van der Waals surface area contributed by atoms with Gasteiger partial charge in [0.25, 0.3) is 0 Å². The van der Waals surface area contributed by atoms with Crippen LogP contribution in [0.15, 0.2) is 30.3 Å². The van der Waals surface area contributed by atoms with Crippen molar-refractivity contribution in [3.8, 4) is 0 Å². The maximum absolute atomic E-state index is 6.53. The molecule has 1 rings (SSSR count). The third-order valence-corrected chi connectivity index (χ3v) is 6.02. The van der Waals surface area contributed by atoms with Crippen LogP contribution in [0.2, 0.25) is 12.6 Å². The molecule has 0 nitrogen and oxygen atoms in total. The van der Waals surface area contributed by atoms with E-state index in [0.29, 0.717) is 0 Å². The Morgan fingerprint density at radius 2 is 1.86 bits per heavy atom. The molecule has 1 aromatic carbocycles. The van der Waals surface area contributed by atoms with Crippen molar-refractivity contribution in [1.29, 1.82) is 0 Å². The molecule has 0 N–H and O–H groups in total. The zero-order valence-corrected chi connectivity index (χ0v) is 11.0. The number of benzene rings is 1. The first-order valence-corrected chi connectivity index (χ1v) is 9.39. The van der Waals surface area contributed by atoms with Gasteiger partial charge in [-0.3, -0.25) is 0 Å². The van der Waals surface area contributed by atoms with Gasteiger partial charge < -0.3 is 0 Å². The molecule has 0 heterocycles. The zero-order valence-electron chi connectivity index (χ0n) is 8.47. The van der Waals surface area contributed by atoms with Gasteiger partial charge in [0.2, 0.25) is 0 Å². The van der Waals surface area contributed by atoms with Crippen LogP contribution < -0.4 is 0 Å². The van der Waals surface area contributed by atoms with E-state index in [1.165, 1.54) is 5.56 Å². The largest absolute Gasteiger partial charge is 0.167 e. The molecule has 0 amide bonds. The summed E-state index contributed by atoms with van der Waals surface area (Å²) in [6.07, 6.45) is 1.04. The molecule has 0 radical (unpaired) electrons. The van der Waals surface area contributed by atoms with Crippen LogP contribution >= 0.6 is 22.7 Å². The second-order valence-electron chi connectivity index (χ2n) is 3.87. The van der Waals surface area contributed by atoms with Crippen molar-refractivity contribution >= 4 is 30.1 Å². The third-order valence-electron chi connectivity index (χ3n) is 2.25. The fourth-order valence-corrected chi connectivity index (χ4v) is 4.94. The Kier molecular flexibility index (Phi) is 5.00. The molecule has 0 saturated carbocycles. The second kappa shape index (κ2) is 5.79. The van der Waals surface area contributed by atoms with Gasteiger partial charge in [-0.15, -0.1) is 11.6 Å². The SMILES string of the molecule is C[Si](Cl)(CCCCl)Cc1ccccc1. The van der Waals surface area contributed by atoms with Crippen LogP contribution in [-0.4, -0.2) is 13.3 Å². The average Bonchev–Trinajstić information content (AvgIpc) is 2.16. The van der Waals surface area contributed by atoms with Crippen molar-refractivity contribution in [2.24, 2.45) is 0 Å². The van der Waals surface area contributed by atoms with Crippen LogP contribution in [-0.2, 0) is 6.04 Å². The van der Waals surface area contributed by atoms with Crippen molar-refractivity contribution in [2.45, 2.75) is 25.1 Å². The highest BCUT2D eigenvalue weighted by Crippen LogP contribution is 2.22. The Morgan fingerprint density at radius 1 is 1.21 bits per heavy atom. The van der Waals surface area contributed by atoms with E-state index < -0.39 is 7.38 Å². The van der Waals surface area contributed by atoms with Crippen LogP contribution in [0, 0.1) is 0 Å². The van der Waals surface area contributed by atoms with Crippen molar-refractivity contribution in [2.75, 3.05) is 5.88 Å². The van der Waals surface area contributed by atoms with Crippen LogP contribution in [0.5, 0.6) is 0 Å². The van der Waals surface area contributed by atoms with E-state index in [-0.39, 0.29) is 0 Å². The van der Waals surface area contributed by atoms with Crippen LogP contribution in [0.4, 0.5) is 0 Å². The highest BCUT2D eigenvalue weighted by molar-refractivity contribution is 7.19. The van der Waals surface area contributed by atoms with Crippen molar-refractivity contribution in [3.05, 3.63) is 35.9 Å². The van der Waals surface area contributed by atoms with E-state index in [9.17, 15) is 0 Å². The average molecular weight is 247 g/mol. The Balaban J connectivity index is 2.50. The van der Waals surface area contributed by atoms with E-state index in [4.69, 9.17) is 22.7 Å². The van der Waals surface area contributed by atoms with Gasteiger partial charge in [0.1, 0.15) is 0 Å². The summed E-state index contributed by atoms with van der Waals surface area (Å²) >= 11 is 12.2. The number of rotatable bonds is 5. The zero-order chi connectivity index (χ0) is 10.4. The van der Waals surface area contributed by atoms with Crippen molar-refractivity contribution < 1.29 is 0 Å². The molecule has 0 aliphatic heterocycles. The normalized spacial score (nSPS) is 15.1. The van der Waals surface area contributed by atoms with E-state index in [0.717, 1.165) is 24.4 Å². The highest BCUT2D eigenvalue weighted by atomic mass is 35.6. The van der Waals surface area contributed by atoms with Gasteiger partial charge in [-0.1, -0.05) is 36.9 Å². The van der Waals surface area contributed by atoms with E-state index in [2.05, 4.69) is 30.8 Å². The highest BCUT2D eigenvalue weighted by Gasteiger charge is 2.23. The van der Waals surface area contributed by atoms with Crippen LogP contribution in [0.3, 0.4) is 0 Å². The first-order valence-electron chi connectivity index (χ1n) is 4.93. The van der Waals surface area contributed by atoms with E-state index in [1.54, 1.807) is 0 Å². The van der Waals surface area contributed by atoms with Crippen LogP contribution in [0.1, 0.15) is 12.0 Å². The summed E-state index contributed by atoms with van der Waals surface area (Å²) in [6.45, 7) is 2.22. The topological polar surface area (TPSA) is 0 Å². The summed E-state index contributed by atoms with van der Waals surface area (Å²) in [5.41, 5.74) is 1.35. The Hall–Kier alpha value is 0.0169. The first-order chi connectivity index (χ1) is 6.64. The van der Waals surface area contributed by atoms with E-state index in [1.807, 2.05) is 6.07 Å². The second-order valence-corrected chi connectivity index (χ2v) is 10.7. The summed E-state index contributed by atoms with van der Waals surface area (Å²) in [7, 11) is -1.58. The molecule has 3 heteroatoms. The molecule has 0 aliphatic rings. The summed E-state index contributed by atoms with van der Waals surface area (Å²) < 4.78 is 0. The summed E-state index contributed by atoms with van der Waals surface area (Å²) in [6, 6.07) is 12.6. The first kappa shape index (κ1) is 12.1. The summed E-state index contributed by atoms with van der Waals surface area (Å²) in [5.74, 6) is 0.726. The number of halogens is 2. The lowest BCUT2D eigenvalue weighted by molar-refractivity contribution is 1.05. The lowest BCUT2D eigenvalue weighted by Gasteiger charge is -2.18. The Labute approximate surface area is 96.9 Å². The molecule has 78 valence electrons. The monoisotopic (exact) mass is 246 g/mol. The molecule has 14 heavy (non-hydrogen) atoms. The van der Waals surface area contributed by atoms with Crippen LogP contribution in [0.25, 0.3) is 0 Å². The molecule has 0 fully saturated rings. The van der Waals surface area contributed by atoms with Gasteiger partial charge in [0.15, 0.2) is 7.38 Å². The predicted octanol–water partition coefficient (Wildman–Crippen LogP) is 4.21. The Morgan fingerprint density at radius 3 is 2.43 bits per heavy atom. The molecule has 0 aliphatic carbocycles. The quantitative estimate of drug-likeness (QED) is 0.415. The number of hydrogen-bond donors (Lipinski definition) is 0. The maximum Gasteiger partial charge on any atom is 0.157 e. The Bertz CT molecular complexity index is 259. The van der Waals surface area contributed by atoms with Gasteiger partial charge >= 0.3 is 0 Å². The van der Waals surface area contributed by atoms with Gasteiger partial charge in [0.05, 0.1) is 0 Å². The molecular weight excluding hydrogens is 231 g/mol. The smallest absolute Gasteiger partial charge is 0.157 e. The molecule has 1 unspecified atom stereocenters. The fourth-order valence-electron chi connectivity index (χ4n) is 1.55.